The van der Waals surface area contributed by atoms with Gasteiger partial charge in [-0.05, 0) is 42.0 Å². The Morgan fingerprint density at radius 1 is 1.00 bits per heavy atom. The number of benzene rings is 2. The second-order valence-electron chi connectivity index (χ2n) is 11.0. The van der Waals surface area contributed by atoms with E-state index >= 15 is 0 Å². The quantitative estimate of drug-likeness (QED) is 0.389. The van der Waals surface area contributed by atoms with E-state index in [0.29, 0.717) is 11.3 Å². The lowest BCUT2D eigenvalue weighted by Gasteiger charge is -2.30. The zero-order valence-corrected chi connectivity index (χ0v) is 23.6. The molecular formula is C29H32F2N6O5. The molecule has 13 heteroatoms. The van der Waals surface area contributed by atoms with E-state index in [1.54, 1.807) is 13.1 Å². The Morgan fingerprint density at radius 3 is 2.26 bits per heavy atom. The number of rotatable bonds is 7. The molecule has 222 valence electrons. The fraction of sp³-hybridized carbons (Fsp3) is 0.345. The molecule has 4 amide bonds. The summed E-state index contributed by atoms with van der Waals surface area (Å²) >= 11 is 0. The Hall–Kier alpha value is -4.81. The Bertz CT molecular complexity index is 1500. The van der Waals surface area contributed by atoms with Gasteiger partial charge in [-0.1, -0.05) is 39.0 Å². The van der Waals surface area contributed by atoms with Gasteiger partial charge in [0, 0.05) is 31.2 Å². The van der Waals surface area contributed by atoms with Crippen LogP contribution in [0.2, 0.25) is 0 Å². The SMILES string of the molecule is Cn1nc(C(C)(C)C)cc1C(=O)N1CCN(C(=O)Nc2cccc(F)c2)C1C(=O)NC(CC(=O)O)c1ccc(F)cc1. The van der Waals surface area contributed by atoms with Crippen LogP contribution >= 0.6 is 0 Å². The average Bonchev–Trinajstić information content (AvgIpc) is 3.52. The molecule has 2 atom stereocenters. The van der Waals surface area contributed by atoms with Crippen LogP contribution in [0, 0.1) is 11.6 Å². The van der Waals surface area contributed by atoms with Gasteiger partial charge in [0.15, 0.2) is 6.17 Å². The summed E-state index contributed by atoms with van der Waals surface area (Å²) in [6.45, 7) is 5.74. The number of amides is 4. The van der Waals surface area contributed by atoms with Crippen LogP contribution in [0.4, 0.5) is 19.3 Å². The fourth-order valence-electron chi connectivity index (χ4n) is 4.65. The zero-order valence-electron chi connectivity index (χ0n) is 23.6. The van der Waals surface area contributed by atoms with E-state index < -0.39 is 54.1 Å². The normalized spacial score (nSPS) is 15.8. The molecule has 0 radical (unpaired) electrons. The summed E-state index contributed by atoms with van der Waals surface area (Å²) in [6, 6.07) is 9.91. The van der Waals surface area contributed by atoms with Gasteiger partial charge in [0.25, 0.3) is 11.8 Å². The summed E-state index contributed by atoms with van der Waals surface area (Å²) in [5.41, 5.74) is 0.923. The highest BCUT2D eigenvalue weighted by molar-refractivity contribution is 6.00. The summed E-state index contributed by atoms with van der Waals surface area (Å²) in [7, 11) is 1.60. The average molecular weight is 583 g/mol. The van der Waals surface area contributed by atoms with Crippen LogP contribution in [-0.2, 0) is 22.1 Å². The van der Waals surface area contributed by atoms with E-state index in [2.05, 4.69) is 15.7 Å². The third-order valence-electron chi connectivity index (χ3n) is 6.84. The smallest absolute Gasteiger partial charge is 0.323 e. The number of carbonyl (C=O) groups is 4. The number of nitrogens with zero attached hydrogens (tertiary/aromatic N) is 4. The minimum atomic E-state index is -1.49. The molecule has 2 heterocycles. The molecule has 3 aromatic rings. The minimum absolute atomic E-state index is 0.0241. The van der Waals surface area contributed by atoms with Gasteiger partial charge >= 0.3 is 12.0 Å². The highest BCUT2D eigenvalue weighted by atomic mass is 19.1. The van der Waals surface area contributed by atoms with Gasteiger partial charge in [0.2, 0.25) is 0 Å². The highest BCUT2D eigenvalue weighted by Crippen LogP contribution is 2.26. The first-order chi connectivity index (χ1) is 19.7. The van der Waals surface area contributed by atoms with Crippen molar-refractivity contribution in [2.75, 3.05) is 18.4 Å². The molecule has 0 aliphatic carbocycles. The van der Waals surface area contributed by atoms with Crippen molar-refractivity contribution in [3.63, 3.8) is 0 Å². The predicted octanol–water partition coefficient (Wildman–Crippen LogP) is 3.64. The monoisotopic (exact) mass is 582 g/mol. The van der Waals surface area contributed by atoms with E-state index in [1.807, 2.05) is 20.8 Å². The third-order valence-corrected chi connectivity index (χ3v) is 6.84. The molecule has 2 unspecified atom stereocenters. The predicted molar refractivity (Wildman–Crippen MR) is 148 cm³/mol. The van der Waals surface area contributed by atoms with Crippen molar-refractivity contribution in [1.29, 1.82) is 0 Å². The van der Waals surface area contributed by atoms with Crippen molar-refractivity contribution < 1.29 is 33.1 Å². The van der Waals surface area contributed by atoms with Crippen molar-refractivity contribution >= 4 is 29.5 Å². The van der Waals surface area contributed by atoms with Gasteiger partial charge in [0.1, 0.15) is 17.3 Å². The number of urea groups is 1. The number of carboxylic acids is 1. The summed E-state index contributed by atoms with van der Waals surface area (Å²) < 4.78 is 28.7. The first-order valence-corrected chi connectivity index (χ1v) is 13.2. The van der Waals surface area contributed by atoms with E-state index in [0.717, 1.165) is 23.1 Å². The van der Waals surface area contributed by atoms with Crippen molar-refractivity contribution in [3.05, 3.63) is 83.2 Å². The molecule has 0 bridgehead atoms. The van der Waals surface area contributed by atoms with Gasteiger partial charge in [0.05, 0.1) is 18.2 Å². The van der Waals surface area contributed by atoms with Crippen LogP contribution in [0.25, 0.3) is 0 Å². The Labute approximate surface area is 241 Å². The molecule has 3 N–H and O–H groups in total. The maximum absolute atomic E-state index is 13.8. The summed E-state index contributed by atoms with van der Waals surface area (Å²) in [5.74, 6) is -3.75. The van der Waals surface area contributed by atoms with Crippen LogP contribution in [-0.4, -0.2) is 67.8 Å². The standard InChI is InChI=1S/C29H32F2N6O5/c1-29(2,3)23-16-22(35(4)34-23)27(41)36-12-13-37(28(42)32-20-7-5-6-19(31)14-20)26(36)25(40)33-21(15-24(38)39)17-8-10-18(30)11-9-17/h5-11,14,16,21,26H,12-13,15H2,1-4H3,(H,32,42)(H,33,40)(H,38,39). The third kappa shape index (κ3) is 6.73. The molecule has 4 rings (SSSR count). The first-order valence-electron chi connectivity index (χ1n) is 13.2. The first kappa shape index (κ1) is 30.2. The molecule has 1 fully saturated rings. The molecule has 1 aliphatic rings. The van der Waals surface area contributed by atoms with Crippen molar-refractivity contribution in [3.8, 4) is 0 Å². The molecule has 1 aliphatic heterocycles. The highest BCUT2D eigenvalue weighted by Gasteiger charge is 2.44. The number of hydrogen-bond acceptors (Lipinski definition) is 5. The fourth-order valence-corrected chi connectivity index (χ4v) is 4.65. The number of carboxylic acid groups (broad SMARTS) is 1. The number of aromatic nitrogens is 2. The zero-order chi connectivity index (χ0) is 30.8. The van der Waals surface area contributed by atoms with Gasteiger partial charge in [-0.25, -0.2) is 13.6 Å². The molecule has 0 saturated carbocycles. The van der Waals surface area contributed by atoms with Crippen LogP contribution in [0.15, 0.2) is 54.6 Å². The Kier molecular flexibility index (Phi) is 8.59. The van der Waals surface area contributed by atoms with Crippen LogP contribution in [0.5, 0.6) is 0 Å². The number of halogens is 2. The van der Waals surface area contributed by atoms with E-state index in [9.17, 15) is 33.1 Å². The molecule has 1 saturated heterocycles. The second-order valence-corrected chi connectivity index (χ2v) is 11.0. The lowest BCUT2D eigenvalue weighted by Crippen LogP contribution is -2.55. The Morgan fingerprint density at radius 2 is 1.67 bits per heavy atom. The number of hydrogen-bond donors (Lipinski definition) is 3. The van der Waals surface area contributed by atoms with E-state index in [-0.39, 0.29) is 29.9 Å². The van der Waals surface area contributed by atoms with Crippen LogP contribution in [0.1, 0.15) is 55.0 Å². The molecule has 2 aromatic carbocycles. The van der Waals surface area contributed by atoms with Crippen molar-refractivity contribution in [2.45, 2.75) is 44.8 Å². The van der Waals surface area contributed by atoms with E-state index in [1.165, 1.54) is 39.9 Å². The number of aryl methyl sites for hydroxylation is 1. The molecular weight excluding hydrogens is 550 g/mol. The van der Waals surface area contributed by atoms with Gasteiger partial charge in [-0.2, -0.15) is 5.10 Å². The lowest BCUT2D eigenvalue weighted by molar-refractivity contribution is -0.138. The summed E-state index contributed by atoms with van der Waals surface area (Å²) in [4.78, 5) is 54.9. The van der Waals surface area contributed by atoms with Gasteiger partial charge in [-0.15, -0.1) is 0 Å². The summed E-state index contributed by atoms with van der Waals surface area (Å²) in [6.07, 6.45) is -2.03. The number of nitrogens with one attached hydrogen (secondary N) is 2. The van der Waals surface area contributed by atoms with E-state index in [4.69, 9.17) is 0 Å². The maximum atomic E-state index is 13.8. The van der Waals surface area contributed by atoms with Crippen LogP contribution < -0.4 is 10.6 Å². The summed E-state index contributed by atoms with van der Waals surface area (Å²) in [5, 5.41) is 19.1. The maximum Gasteiger partial charge on any atom is 0.323 e. The number of anilines is 1. The van der Waals surface area contributed by atoms with Gasteiger partial charge < -0.3 is 20.6 Å². The molecule has 1 aromatic heterocycles. The second kappa shape index (κ2) is 12.0. The Balaban J connectivity index is 1.68. The molecule has 42 heavy (non-hydrogen) atoms. The number of carbonyl (C=O) groups excluding carboxylic acids is 3. The van der Waals surface area contributed by atoms with Crippen molar-refractivity contribution in [1.82, 2.24) is 24.9 Å². The molecule has 11 nitrogen and oxygen atoms in total. The molecule has 0 spiro atoms. The van der Waals surface area contributed by atoms with Crippen molar-refractivity contribution in [2.24, 2.45) is 7.05 Å². The van der Waals surface area contributed by atoms with Gasteiger partial charge in [-0.3, -0.25) is 24.0 Å². The number of aliphatic carboxylic acids is 1. The lowest BCUT2D eigenvalue weighted by atomic mass is 9.92. The largest absolute Gasteiger partial charge is 0.481 e. The van der Waals surface area contributed by atoms with Crippen LogP contribution in [0.3, 0.4) is 0 Å². The minimum Gasteiger partial charge on any atom is -0.481 e. The topological polar surface area (TPSA) is 137 Å².